The Morgan fingerprint density at radius 3 is 2.75 bits per heavy atom. The maximum absolute atomic E-state index is 11.5. The van der Waals surface area contributed by atoms with Gasteiger partial charge in [0.15, 0.2) is 0 Å². The zero-order valence-electron chi connectivity index (χ0n) is 9.46. The van der Waals surface area contributed by atoms with Crippen LogP contribution < -0.4 is 10.6 Å². The van der Waals surface area contributed by atoms with E-state index in [-0.39, 0.29) is 12.1 Å². The lowest BCUT2D eigenvalue weighted by atomic mass is 10.2. The molecule has 1 aromatic heterocycles. The average Bonchev–Trinajstić information content (AvgIpc) is 2.26. The molecule has 0 aromatic carbocycles. The van der Waals surface area contributed by atoms with Gasteiger partial charge >= 0.3 is 6.03 Å². The molecule has 0 fully saturated rings. The van der Waals surface area contributed by atoms with Crippen LogP contribution in [0.15, 0.2) is 18.3 Å². The Kier molecular flexibility index (Phi) is 5.05. The summed E-state index contributed by atoms with van der Waals surface area (Å²) < 4.78 is 0. The Labute approximate surface area is 100 Å². The normalized spacial score (nSPS) is 10.2. The van der Waals surface area contributed by atoms with E-state index in [0.29, 0.717) is 10.8 Å². The van der Waals surface area contributed by atoms with E-state index in [1.54, 1.807) is 18.3 Å². The van der Waals surface area contributed by atoms with Crippen molar-refractivity contribution in [3.8, 4) is 0 Å². The Balaban J connectivity index is 2.51. The maximum Gasteiger partial charge on any atom is 0.320 e. The van der Waals surface area contributed by atoms with Gasteiger partial charge in [-0.2, -0.15) is 0 Å². The van der Waals surface area contributed by atoms with Crippen molar-refractivity contribution in [3.05, 3.63) is 23.4 Å². The molecule has 0 bridgehead atoms. The lowest BCUT2D eigenvalue weighted by molar-refractivity contribution is 0.247. The fourth-order valence-corrected chi connectivity index (χ4v) is 1.46. The van der Waals surface area contributed by atoms with E-state index in [4.69, 9.17) is 11.6 Å². The van der Waals surface area contributed by atoms with Gasteiger partial charge in [0.25, 0.3) is 0 Å². The summed E-state index contributed by atoms with van der Waals surface area (Å²) in [6, 6.07) is 3.21. The molecule has 1 rings (SSSR count). The molecule has 0 spiro atoms. The van der Waals surface area contributed by atoms with Crippen LogP contribution in [-0.4, -0.2) is 17.1 Å². The summed E-state index contributed by atoms with van der Waals surface area (Å²) in [7, 11) is 0. The minimum atomic E-state index is -0.247. The predicted octanol–water partition coefficient (Wildman–Crippen LogP) is 3.05. The van der Waals surface area contributed by atoms with Crippen molar-refractivity contribution in [2.24, 2.45) is 0 Å². The minimum Gasteiger partial charge on any atom is -0.335 e. The third kappa shape index (κ3) is 4.06. The average molecular weight is 242 g/mol. The van der Waals surface area contributed by atoms with E-state index in [1.807, 2.05) is 13.8 Å². The van der Waals surface area contributed by atoms with E-state index in [0.717, 1.165) is 12.8 Å². The number of hydrogen-bond acceptors (Lipinski definition) is 2. The van der Waals surface area contributed by atoms with Gasteiger partial charge in [-0.15, -0.1) is 0 Å². The number of rotatable bonds is 4. The third-order valence-electron chi connectivity index (χ3n) is 2.28. The predicted molar refractivity (Wildman–Crippen MR) is 65.8 cm³/mol. The molecular weight excluding hydrogens is 226 g/mol. The summed E-state index contributed by atoms with van der Waals surface area (Å²) >= 11 is 5.78. The molecule has 88 valence electrons. The summed E-state index contributed by atoms with van der Waals surface area (Å²) in [6.45, 7) is 4.07. The summed E-state index contributed by atoms with van der Waals surface area (Å²) in [5.41, 5.74) is 0. The van der Waals surface area contributed by atoms with Crippen LogP contribution >= 0.6 is 11.6 Å². The Hall–Kier alpha value is -1.29. The highest BCUT2D eigenvalue weighted by Crippen LogP contribution is 2.11. The summed E-state index contributed by atoms with van der Waals surface area (Å²) in [6.07, 6.45) is 3.37. The van der Waals surface area contributed by atoms with Crippen LogP contribution in [0.4, 0.5) is 10.6 Å². The van der Waals surface area contributed by atoms with Crippen molar-refractivity contribution in [3.63, 3.8) is 0 Å². The molecule has 0 unspecified atom stereocenters. The molecule has 0 radical (unpaired) electrons. The highest BCUT2D eigenvalue weighted by Gasteiger charge is 2.08. The molecule has 0 aliphatic rings. The van der Waals surface area contributed by atoms with E-state index >= 15 is 0 Å². The molecule has 0 atom stereocenters. The van der Waals surface area contributed by atoms with E-state index in [2.05, 4.69) is 15.6 Å². The number of aromatic nitrogens is 1. The van der Waals surface area contributed by atoms with Crippen molar-refractivity contribution in [1.29, 1.82) is 0 Å². The second kappa shape index (κ2) is 6.33. The zero-order chi connectivity index (χ0) is 12.0. The van der Waals surface area contributed by atoms with Crippen LogP contribution in [0.2, 0.25) is 5.02 Å². The van der Waals surface area contributed by atoms with Crippen molar-refractivity contribution < 1.29 is 4.79 Å². The first kappa shape index (κ1) is 12.8. The number of anilines is 1. The minimum absolute atomic E-state index is 0.194. The highest BCUT2D eigenvalue weighted by molar-refractivity contribution is 6.30. The van der Waals surface area contributed by atoms with Gasteiger partial charge in [-0.3, -0.25) is 5.32 Å². The van der Waals surface area contributed by atoms with E-state index in [1.165, 1.54) is 0 Å². The zero-order valence-corrected chi connectivity index (χ0v) is 10.2. The van der Waals surface area contributed by atoms with Gasteiger partial charge in [0, 0.05) is 17.3 Å². The lowest BCUT2D eigenvalue weighted by Gasteiger charge is -2.14. The topological polar surface area (TPSA) is 54.0 Å². The first-order valence-electron chi connectivity index (χ1n) is 5.34. The van der Waals surface area contributed by atoms with Crippen LogP contribution in [-0.2, 0) is 0 Å². The summed E-state index contributed by atoms with van der Waals surface area (Å²) in [4.78, 5) is 15.5. The summed E-state index contributed by atoms with van der Waals surface area (Å²) in [5, 5.41) is 6.04. The molecule has 0 saturated heterocycles. The molecule has 1 heterocycles. The van der Waals surface area contributed by atoms with E-state index in [9.17, 15) is 4.79 Å². The molecule has 0 saturated carbocycles. The molecule has 2 N–H and O–H groups in total. The monoisotopic (exact) mass is 241 g/mol. The maximum atomic E-state index is 11.5. The van der Waals surface area contributed by atoms with Crippen LogP contribution in [0.3, 0.4) is 0 Å². The second-order valence-electron chi connectivity index (χ2n) is 3.47. The van der Waals surface area contributed by atoms with Crippen molar-refractivity contribution in [2.75, 3.05) is 5.32 Å². The number of carbonyl (C=O) groups is 1. The quantitative estimate of drug-likeness (QED) is 0.851. The Bertz CT molecular complexity index is 353. The molecular formula is C11H16ClN3O. The fourth-order valence-electron chi connectivity index (χ4n) is 1.30. The number of urea groups is 1. The first-order valence-corrected chi connectivity index (χ1v) is 5.72. The van der Waals surface area contributed by atoms with Gasteiger partial charge in [0.1, 0.15) is 5.82 Å². The lowest BCUT2D eigenvalue weighted by Crippen LogP contribution is -2.37. The Morgan fingerprint density at radius 2 is 2.19 bits per heavy atom. The second-order valence-corrected chi connectivity index (χ2v) is 3.91. The standard InChI is InChI=1S/C11H16ClN3O/c1-3-9(4-2)14-11(16)15-10-7-8(12)5-6-13-10/h5-7,9H,3-4H2,1-2H3,(H2,13,14,15,16). The molecule has 0 aliphatic heterocycles. The van der Waals surface area contributed by atoms with Gasteiger partial charge in [-0.05, 0) is 25.0 Å². The van der Waals surface area contributed by atoms with Crippen molar-refractivity contribution in [1.82, 2.24) is 10.3 Å². The highest BCUT2D eigenvalue weighted by atomic mass is 35.5. The number of amides is 2. The van der Waals surface area contributed by atoms with Crippen LogP contribution in [0, 0.1) is 0 Å². The van der Waals surface area contributed by atoms with Crippen LogP contribution in [0.5, 0.6) is 0 Å². The smallest absolute Gasteiger partial charge is 0.320 e. The number of carbonyl (C=O) groups excluding carboxylic acids is 1. The van der Waals surface area contributed by atoms with Gasteiger partial charge in [-0.25, -0.2) is 9.78 Å². The SMILES string of the molecule is CCC(CC)NC(=O)Nc1cc(Cl)ccn1. The third-order valence-corrected chi connectivity index (χ3v) is 2.52. The van der Waals surface area contributed by atoms with Gasteiger partial charge in [0.05, 0.1) is 0 Å². The molecule has 5 heteroatoms. The van der Waals surface area contributed by atoms with Crippen LogP contribution in [0.1, 0.15) is 26.7 Å². The molecule has 4 nitrogen and oxygen atoms in total. The first-order chi connectivity index (χ1) is 7.65. The van der Waals surface area contributed by atoms with Gasteiger partial charge in [-0.1, -0.05) is 25.4 Å². The number of nitrogens with zero attached hydrogens (tertiary/aromatic N) is 1. The van der Waals surface area contributed by atoms with Crippen molar-refractivity contribution in [2.45, 2.75) is 32.7 Å². The van der Waals surface area contributed by atoms with Crippen LogP contribution in [0.25, 0.3) is 0 Å². The number of pyridine rings is 1. The summed E-state index contributed by atoms with van der Waals surface area (Å²) in [5.74, 6) is 0.455. The molecule has 0 aliphatic carbocycles. The number of nitrogens with one attached hydrogen (secondary N) is 2. The largest absolute Gasteiger partial charge is 0.335 e. The number of hydrogen-bond donors (Lipinski definition) is 2. The van der Waals surface area contributed by atoms with Gasteiger partial charge in [0.2, 0.25) is 0 Å². The van der Waals surface area contributed by atoms with E-state index < -0.39 is 0 Å². The van der Waals surface area contributed by atoms with Gasteiger partial charge < -0.3 is 5.32 Å². The molecule has 1 aromatic rings. The van der Waals surface area contributed by atoms with Crippen molar-refractivity contribution >= 4 is 23.4 Å². The Morgan fingerprint density at radius 1 is 1.50 bits per heavy atom. The molecule has 16 heavy (non-hydrogen) atoms. The molecule has 2 amide bonds. The number of halogens is 1. The fraction of sp³-hybridized carbons (Fsp3) is 0.455.